The van der Waals surface area contributed by atoms with Gasteiger partial charge in [-0.2, -0.15) is 0 Å². The molecule has 0 saturated heterocycles. The van der Waals surface area contributed by atoms with Crippen LogP contribution < -0.4 is 5.32 Å². The van der Waals surface area contributed by atoms with Crippen LogP contribution in [0.2, 0.25) is 0 Å². The number of carboxylic acids is 1. The highest BCUT2D eigenvalue weighted by Crippen LogP contribution is 2.28. The molecule has 0 aromatic heterocycles. The highest BCUT2D eigenvalue weighted by Gasteiger charge is 2.25. The zero-order valence-electron chi connectivity index (χ0n) is 10.9. The van der Waals surface area contributed by atoms with Crippen LogP contribution in [0.4, 0.5) is 4.39 Å². The van der Waals surface area contributed by atoms with E-state index in [1.807, 2.05) is 6.07 Å². The number of halogens is 1. The predicted octanol–water partition coefficient (Wildman–Crippen LogP) is 2.81. The number of hydrogen-bond acceptors (Lipinski definition) is 2. The Kier molecular flexibility index (Phi) is 4.91. The van der Waals surface area contributed by atoms with Crippen molar-refractivity contribution in [3.8, 4) is 0 Å². The van der Waals surface area contributed by atoms with E-state index < -0.39 is 5.97 Å². The first kappa shape index (κ1) is 14.0. The Bertz CT molecular complexity index is 428. The SMILES string of the molecule is O=C(O)C1CCC(CNCc2ccccc2F)CC1. The van der Waals surface area contributed by atoms with Gasteiger partial charge in [-0.15, -0.1) is 0 Å². The summed E-state index contributed by atoms with van der Waals surface area (Å²) in [6, 6.07) is 6.77. The molecule has 0 radical (unpaired) electrons. The van der Waals surface area contributed by atoms with E-state index in [1.54, 1.807) is 12.1 Å². The number of hydrogen-bond donors (Lipinski definition) is 2. The Hall–Kier alpha value is -1.42. The fourth-order valence-corrected chi connectivity index (χ4v) is 2.67. The Morgan fingerprint density at radius 2 is 1.95 bits per heavy atom. The van der Waals surface area contributed by atoms with Gasteiger partial charge in [0.25, 0.3) is 0 Å². The number of nitrogens with one attached hydrogen (secondary N) is 1. The van der Waals surface area contributed by atoms with Gasteiger partial charge >= 0.3 is 5.97 Å². The second-order valence-corrected chi connectivity index (χ2v) is 5.28. The van der Waals surface area contributed by atoms with E-state index >= 15 is 0 Å². The number of carboxylic acid groups (broad SMARTS) is 1. The van der Waals surface area contributed by atoms with Gasteiger partial charge in [0.05, 0.1) is 5.92 Å². The number of carbonyl (C=O) groups is 1. The van der Waals surface area contributed by atoms with Crippen molar-refractivity contribution in [3.05, 3.63) is 35.6 Å². The van der Waals surface area contributed by atoms with Crippen LogP contribution in [-0.4, -0.2) is 17.6 Å². The molecule has 4 heteroatoms. The smallest absolute Gasteiger partial charge is 0.306 e. The van der Waals surface area contributed by atoms with Crippen LogP contribution in [0.1, 0.15) is 31.2 Å². The van der Waals surface area contributed by atoms with Gasteiger partial charge in [0.1, 0.15) is 5.82 Å². The molecule has 0 bridgehead atoms. The Morgan fingerprint density at radius 3 is 2.58 bits per heavy atom. The highest BCUT2D eigenvalue weighted by molar-refractivity contribution is 5.69. The minimum absolute atomic E-state index is 0.164. The normalized spacial score (nSPS) is 23.2. The lowest BCUT2D eigenvalue weighted by Gasteiger charge is -2.26. The molecule has 1 aromatic carbocycles. The molecule has 1 fully saturated rings. The minimum Gasteiger partial charge on any atom is -0.481 e. The van der Waals surface area contributed by atoms with Crippen molar-refractivity contribution in [2.75, 3.05) is 6.54 Å². The largest absolute Gasteiger partial charge is 0.481 e. The molecule has 0 spiro atoms. The van der Waals surface area contributed by atoms with Crippen molar-refractivity contribution in [2.45, 2.75) is 32.2 Å². The van der Waals surface area contributed by atoms with Crippen molar-refractivity contribution >= 4 is 5.97 Å². The first-order valence-electron chi connectivity index (χ1n) is 6.83. The summed E-state index contributed by atoms with van der Waals surface area (Å²) in [5, 5.41) is 12.2. The fraction of sp³-hybridized carbons (Fsp3) is 0.533. The summed E-state index contributed by atoms with van der Waals surface area (Å²) in [6.07, 6.45) is 3.42. The van der Waals surface area contributed by atoms with Crippen LogP contribution in [0.25, 0.3) is 0 Å². The molecule has 3 nitrogen and oxygen atoms in total. The maximum Gasteiger partial charge on any atom is 0.306 e. The molecule has 1 aliphatic rings. The van der Waals surface area contributed by atoms with Crippen LogP contribution in [0.15, 0.2) is 24.3 Å². The summed E-state index contributed by atoms with van der Waals surface area (Å²) in [7, 11) is 0. The lowest BCUT2D eigenvalue weighted by molar-refractivity contribution is -0.143. The highest BCUT2D eigenvalue weighted by atomic mass is 19.1. The van der Waals surface area contributed by atoms with Crippen LogP contribution in [-0.2, 0) is 11.3 Å². The molecule has 0 amide bonds. The van der Waals surface area contributed by atoms with Gasteiger partial charge in [0, 0.05) is 12.1 Å². The van der Waals surface area contributed by atoms with Gasteiger partial charge in [-0.3, -0.25) is 4.79 Å². The third-order valence-corrected chi connectivity index (χ3v) is 3.90. The molecule has 19 heavy (non-hydrogen) atoms. The molecule has 1 aromatic rings. The monoisotopic (exact) mass is 265 g/mol. The molecule has 0 atom stereocenters. The molecule has 0 unspecified atom stereocenters. The zero-order valence-corrected chi connectivity index (χ0v) is 10.9. The summed E-state index contributed by atoms with van der Waals surface area (Å²) < 4.78 is 13.4. The van der Waals surface area contributed by atoms with Crippen molar-refractivity contribution in [1.29, 1.82) is 0 Å². The predicted molar refractivity (Wildman–Crippen MR) is 71.2 cm³/mol. The number of benzene rings is 1. The van der Waals surface area contributed by atoms with E-state index in [9.17, 15) is 9.18 Å². The molecule has 104 valence electrons. The van der Waals surface area contributed by atoms with E-state index in [-0.39, 0.29) is 11.7 Å². The summed E-state index contributed by atoms with van der Waals surface area (Å²) in [5.41, 5.74) is 0.682. The Labute approximate surface area is 112 Å². The molecule has 0 aliphatic heterocycles. The second-order valence-electron chi connectivity index (χ2n) is 5.28. The van der Waals surface area contributed by atoms with Crippen LogP contribution in [0, 0.1) is 17.7 Å². The van der Waals surface area contributed by atoms with E-state index in [1.165, 1.54) is 6.07 Å². The van der Waals surface area contributed by atoms with Crippen molar-refractivity contribution in [1.82, 2.24) is 5.32 Å². The van der Waals surface area contributed by atoms with Gasteiger partial charge in [0.2, 0.25) is 0 Å². The average molecular weight is 265 g/mol. The maximum absolute atomic E-state index is 13.4. The fourth-order valence-electron chi connectivity index (χ4n) is 2.67. The Morgan fingerprint density at radius 1 is 1.26 bits per heavy atom. The molecule has 2 N–H and O–H groups in total. The second kappa shape index (κ2) is 6.66. The molecule has 1 aliphatic carbocycles. The summed E-state index contributed by atoms with van der Waals surface area (Å²) in [6.45, 7) is 1.37. The van der Waals surface area contributed by atoms with Crippen LogP contribution in [0.3, 0.4) is 0 Å². The first-order valence-corrected chi connectivity index (χ1v) is 6.83. The van der Waals surface area contributed by atoms with Gasteiger partial charge in [0.15, 0.2) is 0 Å². The third-order valence-electron chi connectivity index (χ3n) is 3.90. The maximum atomic E-state index is 13.4. The average Bonchev–Trinajstić information content (AvgIpc) is 2.41. The van der Waals surface area contributed by atoms with Crippen molar-refractivity contribution in [3.63, 3.8) is 0 Å². The lowest BCUT2D eigenvalue weighted by atomic mass is 9.82. The molecule has 2 rings (SSSR count). The topological polar surface area (TPSA) is 49.3 Å². The summed E-state index contributed by atoms with van der Waals surface area (Å²) >= 11 is 0. The molecule has 0 heterocycles. The van der Waals surface area contributed by atoms with Crippen molar-refractivity contribution < 1.29 is 14.3 Å². The zero-order chi connectivity index (χ0) is 13.7. The first-order chi connectivity index (χ1) is 9.16. The minimum atomic E-state index is -0.669. The van der Waals surface area contributed by atoms with Gasteiger partial charge in [-0.05, 0) is 44.2 Å². The van der Waals surface area contributed by atoms with E-state index in [2.05, 4.69) is 5.32 Å². The van der Waals surface area contributed by atoms with E-state index in [0.717, 1.165) is 32.2 Å². The van der Waals surface area contributed by atoms with Gasteiger partial charge < -0.3 is 10.4 Å². The summed E-state index contributed by atoms with van der Waals surface area (Å²) in [5.74, 6) is -0.493. The molecule has 1 saturated carbocycles. The lowest BCUT2D eigenvalue weighted by Crippen LogP contribution is -2.28. The third kappa shape index (κ3) is 4.03. The number of rotatable bonds is 5. The Balaban J connectivity index is 1.70. The number of aliphatic carboxylic acids is 1. The molecular formula is C15H20FNO2. The quantitative estimate of drug-likeness (QED) is 0.860. The van der Waals surface area contributed by atoms with Crippen LogP contribution >= 0.6 is 0 Å². The van der Waals surface area contributed by atoms with Crippen molar-refractivity contribution in [2.24, 2.45) is 11.8 Å². The van der Waals surface area contributed by atoms with Gasteiger partial charge in [-0.1, -0.05) is 18.2 Å². The van der Waals surface area contributed by atoms with Gasteiger partial charge in [-0.25, -0.2) is 4.39 Å². The van der Waals surface area contributed by atoms with Crippen LogP contribution in [0.5, 0.6) is 0 Å². The standard InChI is InChI=1S/C15H20FNO2/c16-14-4-2-1-3-13(14)10-17-9-11-5-7-12(8-6-11)15(18)19/h1-4,11-12,17H,5-10H2,(H,18,19). The van der Waals surface area contributed by atoms with E-state index in [4.69, 9.17) is 5.11 Å². The molecular weight excluding hydrogens is 245 g/mol. The summed E-state index contributed by atoms with van der Waals surface area (Å²) in [4.78, 5) is 10.8. The van der Waals surface area contributed by atoms with E-state index in [0.29, 0.717) is 18.0 Å².